The van der Waals surface area contributed by atoms with Gasteiger partial charge in [-0.05, 0) is 42.8 Å². The maximum absolute atomic E-state index is 12.5. The van der Waals surface area contributed by atoms with Crippen LogP contribution in [0.1, 0.15) is 21.5 Å². The summed E-state index contributed by atoms with van der Waals surface area (Å²) in [7, 11) is 1.59. The first-order chi connectivity index (χ1) is 12.0. The highest BCUT2D eigenvalue weighted by Gasteiger charge is 2.30. The smallest absolute Gasteiger partial charge is 0.255 e. The van der Waals surface area contributed by atoms with Gasteiger partial charge in [-0.1, -0.05) is 12.1 Å². The van der Waals surface area contributed by atoms with E-state index in [1.807, 2.05) is 12.1 Å². The van der Waals surface area contributed by atoms with Crippen LogP contribution < -0.4 is 19.9 Å². The van der Waals surface area contributed by atoms with Crippen LogP contribution in [0.15, 0.2) is 42.2 Å². The summed E-state index contributed by atoms with van der Waals surface area (Å²) in [5, 5.41) is 0. The fourth-order valence-corrected chi connectivity index (χ4v) is 2.52. The summed E-state index contributed by atoms with van der Waals surface area (Å²) >= 11 is 0. The molecule has 0 spiro atoms. The average Bonchev–Trinajstić information content (AvgIpc) is 2.92. The molecule has 6 heteroatoms. The molecular weight excluding hydrogens is 322 g/mol. The molecule has 0 radical (unpaired) electrons. The zero-order chi connectivity index (χ0) is 18.0. The van der Waals surface area contributed by atoms with Crippen molar-refractivity contribution in [2.45, 2.75) is 6.92 Å². The monoisotopic (exact) mass is 339 g/mol. The van der Waals surface area contributed by atoms with Crippen LogP contribution in [0.4, 0.5) is 0 Å². The van der Waals surface area contributed by atoms with Crippen molar-refractivity contribution < 1.29 is 23.8 Å². The lowest BCUT2D eigenvalue weighted by Crippen LogP contribution is -2.20. The van der Waals surface area contributed by atoms with E-state index in [0.29, 0.717) is 22.6 Å². The van der Waals surface area contributed by atoms with Crippen molar-refractivity contribution in [3.05, 3.63) is 58.8 Å². The zero-order valence-electron chi connectivity index (χ0n) is 13.9. The Morgan fingerprint density at radius 1 is 1.20 bits per heavy atom. The summed E-state index contributed by atoms with van der Waals surface area (Å²) in [6, 6.07) is 10.5. The number of carbonyl (C=O) groups is 2. The number of carbonyl (C=O) groups excluding carboxylic acids is 2. The maximum Gasteiger partial charge on any atom is 0.255 e. The lowest BCUT2D eigenvalue weighted by Gasteiger charge is -2.09. The summed E-state index contributed by atoms with van der Waals surface area (Å²) in [5.41, 5.74) is 7.01. The van der Waals surface area contributed by atoms with Gasteiger partial charge in [0.05, 0.1) is 12.7 Å². The van der Waals surface area contributed by atoms with Gasteiger partial charge in [-0.15, -0.1) is 0 Å². The minimum Gasteiger partial charge on any atom is -0.497 e. The van der Waals surface area contributed by atoms with E-state index in [0.717, 1.165) is 11.3 Å². The van der Waals surface area contributed by atoms with Gasteiger partial charge >= 0.3 is 0 Å². The maximum atomic E-state index is 12.5. The van der Waals surface area contributed by atoms with E-state index < -0.39 is 5.91 Å². The van der Waals surface area contributed by atoms with Gasteiger partial charge in [0.25, 0.3) is 5.91 Å². The molecule has 0 bridgehead atoms. The largest absolute Gasteiger partial charge is 0.497 e. The van der Waals surface area contributed by atoms with Gasteiger partial charge in [-0.2, -0.15) is 0 Å². The molecule has 1 aliphatic heterocycles. The number of benzene rings is 2. The third-order valence-corrected chi connectivity index (χ3v) is 3.82. The third-order valence-electron chi connectivity index (χ3n) is 3.82. The molecule has 25 heavy (non-hydrogen) atoms. The third kappa shape index (κ3) is 3.33. The van der Waals surface area contributed by atoms with Crippen LogP contribution in [0, 0.1) is 6.92 Å². The predicted octanol–water partition coefficient (Wildman–Crippen LogP) is 2.48. The SMILES string of the molecule is COc1ccc(C=C2Oc3c(ccc(OCC(N)=O)c3C)C2=O)cc1. The topological polar surface area (TPSA) is 87.8 Å². The molecule has 1 aliphatic rings. The van der Waals surface area contributed by atoms with E-state index in [1.165, 1.54) is 0 Å². The Balaban J connectivity index is 1.88. The van der Waals surface area contributed by atoms with Crippen LogP contribution in [-0.2, 0) is 4.79 Å². The lowest BCUT2D eigenvalue weighted by molar-refractivity contribution is -0.119. The number of Topliss-reactive ketones (excluding diaryl/α,β-unsaturated/α-hetero) is 1. The summed E-state index contributed by atoms with van der Waals surface area (Å²) in [4.78, 5) is 23.4. The average molecular weight is 339 g/mol. The summed E-state index contributed by atoms with van der Waals surface area (Å²) < 4.78 is 16.2. The van der Waals surface area contributed by atoms with E-state index in [-0.39, 0.29) is 18.1 Å². The van der Waals surface area contributed by atoms with Crippen LogP contribution in [0.5, 0.6) is 17.2 Å². The Hall–Kier alpha value is -3.28. The molecule has 0 saturated heterocycles. The molecule has 0 aliphatic carbocycles. The Bertz CT molecular complexity index is 868. The minimum absolute atomic E-state index is 0.199. The van der Waals surface area contributed by atoms with Crippen molar-refractivity contribution in [1.82, 2.24) is 0 Å². The van der Waals surface area contributed by atoms with Crippen LogP contribution in [0.25, 0.3) is 6.08 Å². The molecule has 2 aromatic carbocycles. The number of primary amides is 1. The number of nitrogens with two attached hydrogens (primary N) is 1. The van der Waals surface area contributed by atoms with E-state index in [9.17, 15) is 9.59 Å². The van der Waals surface area contributed by atoms with Gasteiger partial charge in [0.15, 0.2) is 12.4 Å². The Kier molecular flexibility index (Phi) is 4.43. The molecule has 1 amide bonds. The molecular formula is C19H17NO5. The molecule has 6 nitrogen and oxygen atoms in total. The van der Waals surface area contributed by atoms with Crippen molar-refractivity contribution in [1.29, 1.82) is 0 Å². The Labute approximate surface area is 144 Å². The fourth-order valence-electron chi connectivity index (χ4n) is 2.52. The van der Waals surface area contributed by atoms with Crippen LogP contribution >= 0.6 is 0 Å². The second kappa shape index (κ2) is 6.68. The van der Waals surface area contributed by atoms with Gasteiger partial charge < -0.3 is 19.9 Å². The number of ketones is 1. The molecule has 1 heterocycles. The minimum atomic E-state index is -0.572. The molecule has 128 valence electrons. The van der Waals surface area contributed by atoms with E-state index in [1.54, 1.807) is 44.4 Å². The lowest BCUT2D eigenvalue weighted by atomic mass is 10.1. The summed E-state index contributed by atoms with van der Waals surface area (Å²) in [6.07, 6.45) is 1.67. The number of hydrogen-bond donors (Lipinski definition) is 1. The number of ether oxygens (including phenoxy) is 3. The molecule has 2 aromatic rings. The first-order valence-corrected chi connectivity index (χ1v) is 7.62. The fraction of sp³-hybridized carbons (Fsp3) is 0.158. The van der Waals surface area contributed by atoms with Crippen molar-refractivity contribution in [2.24, 2.45) is 5.73 Å². The number of methoxy groups -OCH3 is 1. The van der Waals surface area contributed by atoms with E-state index in [2.05, 4.69) is 0 Å². The van der Waals surface area contributed by atoms with Crippen molar-refractivity contribution in [3.63, 3.8) is 0 Å². The van der Waals surface area contributed by atoms with Crippen molar-refractivity contribution in [2.75, 3.05) is 13.7 Å². The first kappa shape index (κ1) is 16.6. The van der Waals surface area contributed by atoms with Gasteiger partial charge in [0.2, 0.25) is 5.78 Å². The first-order valence-electron chi connectivity index (χ1n) is 7.62. The summed E-state index contributed by atoms with van der Waals surface area (Å²) in [6.45, 7) is 1.53. The van der Waals surface area contributed by atoms with Gasteiger partial charge in [0, 0.05) is 5.56 Å². The standard InChI is InChI=1S/C19H17NO5/c1-11-15(24-10-17(20)21)8-7-14-18(22)16(25-19(11)14)9-12-3-5-13(23-2)6-4-12/h3-9H,10H2,1-2H3,(H2,20,21). The Morgan fingerprint density at radius 3 is 2.56 bits per heavy atom. The highest BCUT2D eigenvalue weighted by molar-refractivity contribution is 6.15. The molecule has 0 atom stereocenters. The quantitative estimate of drug-likeness (QED) is 0.846. The molecule has 0 saturated carbocycles. The number of fused-ring (bicyclic) bond motifs is 1. The molecule has 3 rings (SSSR count). The normalized spacial score (nSPS) is 14.2. The highest BCUT2D eigenvalue weighted by atomic mass is 16.5. The predicted molar refractivity (Wildman–Crippen MR) is 91.8 cm³/mol. The van der Waals surface area contributed by atoms with Gasteiger partial charge in [0.1, 0.15) is 17.2 Å². The number of hydrogen-bond acceptors (Lipinski definition) is 5. The molecule has 0 aromatic heterocycles. The van der Waals surface area contributed by atoms with Crippen LogP contribution in [-0.4, -0.2) is 25.4 Å². The second-order valence-corrected chi connectivity index (χ2v) is 5.53. The number of rotatable bonds is 5. The van der Waals surface area contributed by atoms with Crippen LogP contribution in [0.3, 0.4) is 0 Å². The van der Waals surface area contributed by atoms with Gasteiger partial charge in [-0.3, -0.25) is 9.59 Å². The van der Waals surface area contributed by atoms with E-state index >= 15 is 0 Å². The molecule has 2 N–H and O–H groups in total. The zero-order valence-corrected chi connectivity index (χ0v) is 13.9. The Morgan fingerprint density at radius 2 is 1.92 bits per heavy atom. The summed E-state index contributed by atoms with van der Waals surface area (Å²) in [5.74, 6) is 1.08. The van der Waals surface area contributed by atoms with E-state index in [4.69, 9.17) is 19.9 Å². The van der Waals surface area contributed by atoms with Crippen molar-refractivity contribution in [3.8, 4) is 17.2 Å². The number of amides is 1. The molecule has 0 fully saturated rings. The molecule has 0 unspecified atom stereocenters. The van der Waals surface area contributed by atoms with Crippen molar-refractivity contribution >= 4 is 17.8 Å². The van der Waals surface area contributed by atoms with Gasteiger partial charge in [-0.25, -0.2) is 0 Å². The van der Waals surface area contributed by atoms with Crippen LogP contribution in [0.2, 0.25) is 0 Å². The second-order valence-electron chi connectivity index (χ2n) is 5.53. The number of allylic oxidation sites excluding steroid dienone is 1. The highest BCUT2D eigenvalue weighted by Crippen LogP contribution is 2.39.